The molecule has 174 valence electrons. The molecule has 0 aliphatic carbocycles. The molecule has 0 bridgehead atoms. The molecule has 1 aromatic heterocycles. The standard InChI is InChI=1S/C29H25N3O2S/c1-19-9-11-22(12-10-19)27-17-25(21-13-15-24(34-3)16-14-21)26(18-30)29(32-27)35-20(2)28(33)31-23-7-5-4-6-8-23/h4-17,20H,1-3H3,(H,31,33)/t20-/m0/s1. The number of nitriles is 1. The smallest absolute Gasteiger partial charge is 0.237 e. The van der Waals surface area contributed by atoms with Crippen LogP contribution >= 0.6 is 11.8 Å². The Labute approximate surface area is 209 Å². The van der Waals surface area contributed by atoms with Crippen LogP contribution in [0, 0.1) is 18.3 Å². The molecule has 0 aliphatic rings. The lowest BCUT2D eigenvalue weighted by Crippen LogP contribution is -2.22. The van der Waals surface area contributed by atoms with Crippen molar-refractivity contribution in [2.24, 2.45) is 0 Å². The monoisotopic (exact) mass is 479 g/mol. The van der Waals surface area contributed by atoms with Gasteiger partial charge in [-0.15, -0.1) is 0 Å². The fourth-order valence-corrected chi connectivity index (χ4v) is 4.50. The number of hydrogen-bond donors (Lipinski definition) is 1. The van der Waals surface area contributed by atoms with Crippen molar-refractivity contribution in [3.05, 3.63) is 96.1 Å². The maximum Gasteiger partial charge on any atom is 0.237 e. The van der Waals surface area contributed by atoms with Gasteiger partial charge < -0.3 is 10.1 Å². The molecule has 5 nitrogen and oxygen atoms in total. The summed E-state index contributed by atoms with van der Waals surface area (Å²) in [6.45, 7) is 3.85. The third-order valence-electron chi connectivity index (χ3n) is 5.55. The van der Waals surface area contributed by atoms with Crippen LogP contribution in [0.4, 0.5) is 5.69 Å². The summed E-state index contributed by atoms with van der Waals surface area (Å²) in [5, 5.41) is 13.1. The van der Waals surface area contributed by atoms with Crippen molar-refractivity contribution >= 4 is 23.4 Å². The number of rotatable bonds is 7. The molecule has 0 fully saturated rings. The Bertz CT molecular complexity index is 1360. The first-order valence-electron chi connectivity index (χ1n) is 11.2. The Balaban J connectivity index is 1.75. The molecule has 3 aromatic carbocycles. The van der Waals surface area contributed by atoms with Crippen molar-refractivity contribution < 1.29 is 9.53 Å². The highest BCUT2D eigenvalue weighted by atomic mass is 32.2. The van der Waals surface area contributed by atoms with E-state index in [4.69, 9.17) is 9.72 Å². The van der Waals surface area contributed by atoms with Gasteiger partial charge in [-0.05, 0) is 49.7 Å². The van der Waals surface area contributed by atoms with Crippen LogP contribution in [-0.4, -0.2) is 23.3 Å². The van der Waals surface area contributed by atoms with Crippen LogP contribution in [0.25, 0.3) is 22.4 Å². The fourth-order valence-electron chi connectivity index (χ4n) is 3.57. The van der Waals surface area contributed by atoms with E-state index in [1.807, 2.05) is 98.8 Å². The number of hydrogen-bond acceptors (Lipinski definition) is 5. The van der Waals surface area contributed by atoms with Crippen molar-refractivity contribution in [3.63, 3.8) is 0 Å². The second kappa shape index (κ2) is 10.9. The number of benzene rings is 3. The average Bonchev–Trinajstić information content (AvgIpc) is 2.89. The molecule has 1 atom stereocenters. The number of aromatic nitrogens is 1. The summed E-state index contributed by atoms with van der Waals surface area (Å²) in [5.74, 6) is 0.583. The Morgan fingerprint density at radius 3 is 2.29 bits per heavy atom. The van der Waals surface area contributed by atoms with Crippen LogP contribution in [0.1, 0.15) is 18.1 Å². The van der Waals surface area contributed by atoms with Crippen LogP contribution in [0.15, 0.2) is 90.0 Å². The molecule has 1 amide bonds. The maximum absolute atomic E-state index is 12.9. The van der Waals surface area contributed by atoms with Crippen molar-refractivity contribution in [1.82, 2.24) is 4.98 Å². The topological polar surface area (TPSA) is 75.0 Å². The minimum Gasteiger partial charge on any atom is -0.497 e. The lowest BCUT2D eigenvalue weighted by atomic mass is 9.99. The molecule has 6 heteroatoms. The molecule has 35 heavy (non-hydrogen) atoms. The molecule has 0 radical (unpaired) electrons. The Morgan fingerprint density at radius 2 is 1.66 bits per heavy atom. The number of carbonyl (C=O) groups excluding carboxylic acids is 1. The van der Waals surface area contributed by atoms with E-state index in [0.29, 0.717) is 10.6 Å². The highest BCUT2D eigenvalue weighted by Gasteiger charge is 2.21. The highest BCUT2D eigenvalue weighted by Crippen LogP contribution is 2.36. The molecular weight excluding hydrogens is 454 g/mol. The molecule has 1 N–H and O–H groups in total. The fraction of sp³-hybridized carbons (Fsp3) is 0.138. The number of ether oxygens (including phenoxy) is 1. The molecule has 4 aromatic rings. The van der Waals surface area contributed by atoms with E-state index in [2.05, 4.69) is 11.4 Å². The summed E-state index contributed by atoms with van der Waals surface area (Å²) in [5.41, 5.74) is 5.64. The number of amides is 1. The normalized spacial score (nSPS) is 11.4. The van der Waals surface area contributed by atoms with Crippen LogP contribution in [0.2, 0.25) is 0 Å². The summed E-state index contributed by atoms with van der Waals surface area (Å²) < 4.78 is 5.29. The number of carbonyl (C=O) groups is 1. The SMILES string of the molecule is COc1ccc(-c2cc(-c3ccc(C)cc3)nc(S[C@@H](C)C(=O)Nc3ccccc3)c2C#N)cc1. The van der Waals surface area contributed by atoms with Gasteiger partial charge in [-0.1, -0.05) is 71.9 Å². The van der Waals surface area contributed by atoms with Crippen molar-refractivity contribution in [3.8, 4) is 34.2 Å². The second-order valence-electron chi connectivity index (χ2n) is 8.06. The first-order valence-corrected chi connectivity index (χ1v) is 12.1. The van der Waals surface area contributed by atoms with Crippen LogP contribution in [-0.2, 0) is 4.79 Å². The Morgan fingerprint density at radius 1 is 1.00 bits per heavy atom. The number of nitrogens with one attached hydrogen (secondary N) is 1. The number of methoxy groups -OCH3 is 1. The van der Waals surface area contributed by atoms with E-state index >= 15 is 0 Å². The zero-order valence-corrected chi connectivity index (χ0v) is 20.6. The van der Waals surface area contributed by atoms with E-state index in [0.717, 1.165) is 39.4 Å². The van der Waals surface area contributed by atoms with Gasteiger partial charge in [0.25, 0.3) is 0 Å². The minimum absolute atomic E-state index is 0.154. The zero-order chi connectivity index (χ0) is 24.8. The quantitative estimate of drug-likeness (QED) is 0.298. The van der Waals surface area contributed by atoms with Gasteiger partial charge in [0.2, 0.25) is 5.91 Å². The number of thioether (sulfide) groups is 1. The van der Waals surface area contributed by atoms with Crippen LogP contribution in [0.5, 0.6) is 5.75 Å². The predicted octanol–water partition coefficient (Wildman–Crippen LogP) is 6.72. The molecule has 1 heterocycles. The van der Waals surface area contributed by atoms with Gasteiger partial charge in [-0.3, -0.25) is 4.79 Å². The van der Waals surface area contributed by atoms with Gasteiger partial charge in [0.05, 0.1) is 23.6 Å². The van der Waals surface area contributed by atoms with Crippen molar-refractivity contribution in [1.29, 1.82) is 5.26 Å². The third kappa shape index (κ3) is 5.71. The van der Waals surface area contributed by atoms with Crippen molar-refractivity contribution in [2.45, 2.75) is 24.1 Å². The van der Waals surface area contributed by atoms with Gasteiger partial charge in [-0.25, -0.2) is 4.98 Å². The van der Waals surface area contributed by atoms with Gasteiger partial charge in [0, 0.05) is 16.8 Å². The number of aryl methyl sites for hydroxylation is 1. The van der Waals surface area contributed by atoms with Gasteiger partial charge in [0.15, 0.2) is 0 Å². The predicted molar refractivity (Wildman–Crippen MR) is 142 cm³/mol. The zero-order valence-electron chi connectivity index (χ0n) is 19.8. The summed E-state index contributed by atoms with van der Waals surface area (Å²) in [7, 11) is 1.62. The summed E-state index contributed by atoms with van der Waals surface area (Å²) in [6.07, 6.45) is 0. The van der Waals surface area contributed by atoms with Crippen LogP contribution in [0.3, 0.4) is 0 Å². The van der Waals surface area contributed by atoms with E-state index in [9.17, 15) is 10.1 Å². The Kier molecular flexibility index (Phi) is 7.49. The van der Waals surface area contributed by atoms with E-state index in [1.54, 1.807) is 7.11 Å². The molecule has 0 aliphatic heterocycles. The molecule has 0 unspecified atom stereocenters. The second-order valence-corrected chi connectivity index (χ2v) is 9.39. The maximum atomic E-state index is 12.9. The molecule has 0 saturated carbocycles. The minimum atomic E-state index is -0.466. The Hall–Kier alpha value is -4.08. The number of pyridine rings is 1. The summed E-state index contributed by atoms with van der Waals surface area (Å²) in [6, 6.07) is 29.3. The van der Waals surface area contributed by atoms with E-state index in [1.165, 1.54) is 11.8 Å². The average molecular weight is 480 g/mol. The first-order chi connectivity index (χ1) is 17.0. The lowest BCUT2D eigenvalue weighted by molar-refractivity contribution is -0.115. The van der Waals surface area contributed by atoms with Crippen LogP contribution < -0.4 is 10.1 Å². The van der Waals surface area contributed by atoms with Gasteiger partial charge >= 0.3 is 0 Å². The highest BCUT2D eigenvalue weighted by molar-refractivity contribution is 8.00. The molecular formula is C29H25N3O2S. The number of para-hydroxylation sites is 1. The lowest BCUT2D eigenvalue weighted by Gasteiger charge is -2.16. The van der Waals surface area contributed by atoms with Crippen molar-refractivity contribution in [2.75, 3.05) is 12.4 Å². The van der Waals surface area contributed by atoms with E-state index in [-0.39, 0.29) is 5.91 Å². The molecule has 0 spiro atoms. The third-order valence-corrected chi connectivity index (χ3v) is 6.63. The van der Waals surface area contributed by atoms with Gasteiger partial charge in [0.1, 0.15) is 16.8 Å². The molecule has 0 saturated heterocycles. The number of nitrogens with zero attached hydrogens (tertiary/aromatic N) is 2. The van der Waals surface area contributed by atoms with Gasteiger partial charge in [-0.2, -0.15) is 5.26 Å². The van der Waals surface area contributed by atoms with E-state index < -0.39 is 5.25 Å². The summed E-state index contributed by atoms with van der Waals surface area (Å²) >= 11 is 1.28. The summed E-state index contributed by atoms with van der Waals surface area (Å²) in [4.78, 5) is 17.7. The molecule has 4 rings (SSSR count). The number of anilines is 1. The first kappa shape index (κ1) is 24.1. The largest absolute Gasteiger partial charge is 0.497 e.